The molecule has 0 unspecified atom stereocenters. The third kappa shape index (κ3) is 23.8. The number of ether oxygens (including phenoxy) is 2. The van der Waals surface area contributed by atoms with Gasteiger partial charge in [-0.25, -0.2) is 9.59 Å². The predicted molar refractivity (Wildman–Crippen MR) is 58.8 cm³/mol. The minimum Gasteiger partial charge on any atom is -0.450 e. The molecule has 96 valence electrons. The molecule has 16 heavy (non-hydrogen) atoms. The highest BCUT2D eigenvalue weighted by Gasteiger charge is 2.32. The molecule has 0 aliphatic rings. The topological polar surface area (TPSA) is 93.1 Å². The van der Waals surface area contributed by atoms with Gasteiger partial charge in [0, 0.05) is 0 Å². The van der Waals surface area contributed by atoms with Crippen LogP contribution < -0.4 is 0 Å². The summed E-state index contributed by atoms with van der Waals surface area (Å²) < 4.78 is 3.50. The van der Waals surface area contributed by atoms with Gasteiger partial charge in [-0.1, -0.05) is 0 Å². The fourth-order valence-corrected chi connectivity index (χ4v) is 0.588. The lowest BCUT2D eigenvalue weighted by Crippen LogP contribution is -2.22. The molecule has 6 nitrogen and oxygen atoms in total. The van der Waals surface area contributed by atoms with Crippen LogP contribution in [0.2, 0.25) is 0 Å². The van der Waals surface area contributed by atoms with Crippen molar-refractivity contribution >= 4 is 81.9 Å². The molecule has 0 saturated heterocycles. The minimum atomic E-state index is -2.24. The Balaban J connectivity index is 0. The standard InChI is InChI=1S/C3Cl6O3.CH2O3/c4-2(5,6)11-1(10)12-3(7,8)9;2-1(3)4/h;(H2,2,3,4). The third-order valence-corrected chi connectivity index (χ3v) is 0.861. The zero-order valence-corrected chi connectivity index (χ0v) is 11.3. The average Bonchev–Trinajstić information content (AvgIpc) is 1.72. The Kier molecular flexibility index (Phi) is 8.83. The Labute approximate surface area is 119 Å². The highest BCUT2D eigenvalue weighted by atomic mass is 35.6. The maximum atomic E-state index is 10.5. The lowest BCUT2D eigenvalue weighted by Gasteiger charge is -2.15. The summed E-state index contributed by atoms with van der Waals surface area (Å²) in [6, 6.07) is 0. The number of carboxylic acid groups (broad SMARTS) is 2. The molecule has 0 aromatic rings. The maximum absolute atomic E-state index is 10.5. The molecule has 0 saturated carbocycles. The number of alkyl halides is 6. The summed E-state index contributed by atoms with van der Waals surface area (Å²) in [5.74, 6) is 0. The van der Waals surface area contributed by atoms with Crippen LogP contribution in [0.25, 0.3) is 0 Å². The van der Waals surface area contributed by atoms with Crippen molar-refractivity contribution in [2.45, 2.75) is 7.96 Å². The maximum Gasteiger partial charge on any atom is 0.515 e. The minimum absolute atomic E-state index is 1.41. The van der Waals surface area contributed by atoms with E-state index in [1.165, 1.54) is 0 Å². The number of hydrogen-bond acceptors (Lipinski definition) is 4. The quantitative estimate of drug-likeness (QED) is 0.502. The van der Waals surface area contributed by atoms with Gasteiger partial charge >= 0.3 is 20.3 Å². The van der Waals surface area contributed by atoms with Crippen LogP contribution in [0.15, 0.2) is 0 Å². The van der Waals surface area contributed by atoms with Gasteiger partial charge in [0.05, 0.1) is 0 Å². The zero-order chi connectivity index (χ0) is 13.6. The van der Waals surface area contributed by atoms with Crippen molar-refractivity contribution in [2.75, 3.05) is 0 Å². The van der Waals surface area contributed by atoms with E-state index < -0.39 is 20.3 Å². The SMILES string of the molecule is O=C(O)O.O=C(OC(Cl)(Cl)Cl)OC(Cl)(Cl)Cl. The first-order valence-corrected chi connectivity index (χ1v) is 5.07. The Morgan fingerprint density at radius 2 is 1.00 bits per heavy atom. The summed E-state index contributed by atoms with van der Waals surface area (Å²) >= 11 is 30.2. The molecule has 0 heterocycles. The largest absolute Gasteiger partial charge is 0.515 e. The van der Waals surface area contributed by atoms with Gasteiger partial charge in [-0.05, 0) is 69.6 Å². The molecule has 0 aliphatic heterocycles. The first-order chi connectivity index (χ1) is 6.83. The molecular formula is C4H2Cl6O6. The van der Waals surface area contributed by atoms with Crippen molar-refractivity contribution in [1.82, 2.24) is 0 Å². The van der Waals surface area contributed by atoms with Crippen molar-refractivity contribution in [3.8, 4) is 0 Å². The van der Waals surface area contributed by atoms with Crippen molar-refractivity contribution in [3.63, 3.8) is 0 Å². The Hall–Kier alpha value is 0.280. The van der Waals surface area contributed by atoms with Gasteiger partial charge < -0.3 is 19.7 Å². The molecule has 12 heteroatoms. The highest BCUT2D eigenvalue weighted by Crippen LogP contribution is 2.32. The molecule has 0 spiro atoms. The first-order valence-electron chi connectivity index (χ1n) is 2.81. The summed E-state index contributed by atoms with van der Waals surface area (Å²) in [6.45, 7) is 0. The lowest BCUT2D eigenvalue weighted by atomic mass is 11.3. The number of halogens is 6. The van der Waals surface area contributed by atoms with Gasteiger partial charge in [0.2, 0.25) is 0 Å². The van der Waals surface area contributed by atoms with E-state index in [4.69, 9.17) is 84.6 Å². The zero-order valence-electron chi connectivity index (χ0n) is 6.80. The second-order valence-corrected chi connectivity index (χ2v) is 5.98. The fraction of sp³-hybridized carbons (Fsp3) is 0.500. The Morgan fingerprint density at radius 3 is 1.12 bits per heavy atom. The smallest absolute Gasteiger partial charge is 0.450 e. The van der Waals surface area contributed by atoms with E-state index in [9.17, 15) is 4.79 Å². The van der Waals surface area contributed by atoms with Crippen LogP contribution in [-0.2, 0) is 9.47 Å². The monoisotopic (exact) mass is 356 g/mol. The van der Waals surface area contributed by atoms with E-state index >= 15 is 0 Å². The molecule has 0 radical (unpaired) electrons. The summed E-state index contributed by atoms with van der Waals surface area (Å²) in [5, 5.41) is 13.9. The van der Waals surface area contributed by atoms with Gasteiger partial charge in [0.25, 0.3) is 0 Å². The molecule has 0 aromatic heterocycles. The first kappa shape index (κ1) is 18.6. The van der Waals surface area contributed by atoms with Crippen LogP contribution in [0, 0.1) is 0 Å². The second-order valence-electron chi connectivity index (χ2n) is 1.63. The van der Waals surface area contributed by atoms with Crippen LogP contribution in [0.5, 0.6) is 0 Å². The molecule has 2 N–H and O–H groups in total. The molecule has 0 bridgehead atoms. The van der Waals surface area contributed by atoms with E-state index in [0.717, 1.165) is 0 Å². The molecule has 0 aliphatic carbocycles. The molecule has 0 atom stereocenters. The second kappa shape index (κ2) is 7.58. The summed E-state index contributed by atoms with van der Waals surface area (Å²) in [5.41, 5.74) is 0. The van der Waals surface area contributed by atoms with Crippen molar-refractivity contribution in [2.24, 2.45) is 0 Å². The number of carbonyl (C=O) groups is 2. The van der Waals surface area contributed by atoms with Crippen LogP contribution in [0.3, 0.4) is 0 Å². The van der Waals surface area contributed by atoms with Gasteiger partial charge in [0.1, 0.15) is 0 Å². The fourth-order valence-electron chi connectivity index (χ4n) is 0.210. The number of hydrogen-bond donors (Lipinski definition) is 2. The van der Waals surface area contributed by atoms with Crippen LogP contribution in [0.1, 0.15) is 0 Å². The van der Waals surface area contributed by atoms with Crippen LogP contribution in [-0.4, -0.2) is 30.5 Å². The normalized spacial score (nSPS) is 10.9. The summed E-state index contributed by atoms with van der Waals surface area (Å²) in [4.78, 5) is 19.1. The lowest BCUT2D eigenvalue weighted by molar-refractivity contribution is 0.0508. The van der Waals surface area contributed by atoms with E-state index in [0.29, 0.717) is 0 Å². The van der Waals surface area contributed by atoms with Gasteiger partial charge in [-0.15, -0.1) is 0 Å². The molecule has 0 amide bonds. The highest BCUT2D eigenvalue weighted by molar-refractivity contribution is 6.67. The van der Waals surface area contributed by atoms with Crippen molar-refractivity contribution in [3.05, 3.63) is 0 Å². The Morgan fingerprint density at radius 1 is 0.812 bits per heavy atom. The van der Waals surface area contributed by atoms with Crippen LogP contribution in [0.4, 0.5) is 9.59 Å². The summed E-state index contributed by atoms with van der Waals surface area (Å²) in [6.07, 6.45) is -3.24. The third-order valence-electron chi connectivity index (χ3n) is 0.398. The van der Waals surface area contributed by atoms with E-state index in [1.54, 1.807) is 0 Å². The van der Waals surface area contributed by atoms with Crippen molar-refractivity contribution in [1.29, 1.82) is 0 Å². The average molecular weight is 359 g/mol. The number of carbonyl (C=O) groups excluding carboxylic acids is 1. The van der Waals surface area contributed by atoms with Crippen LogP contribution >= 0.6 is 69.6 Å². The van der Waals surface area contributed by atoms with E-state index in [-0.39, 0.29) is 0 Å². The summed E-state index contributed by atoms with van der Waals surface area (Å²) in [7, 11) is 0. The molecular weight excluding hydrogens is 357 g/mol. The molecule has 0 rings (SSSR count). The van der Waals surface area contributed by atoms with E-state index in [2.05, 4.69) is 9.47 Å². The van der Waals surface area contributed by atoms with Crippen molar-refractivity contribution < 1.29 is 29.3 Å². The van der Waals surface area contributed by atoms with Gasteiger partial charge in [0.15, 0.2) is 0 Å². The molecule has 0 fully saturated rings. The van der Waals surface area contributed by atoms with Gasteiger partial charge in [-0.2, -0.15) is 0 Å². The number of rotatable bonds is 0. The molecule has 0 aromatic carbocycles. The van der Waals surface area contributed by atoms with E-state index in [1.807, 2.05) is 0 Å². The van der Waals surface area contributed by atoms with Gasteiger partial charge in [-0.3, -0.25) is 0 Å². The predicted octanol–water partition coefficient (Wildman–Crippen LogP) is 4.02. The Bertz CT molecular complexity index is 220.